The van der Waals surface area contributed by atoms with Crippen molar-refractivity contribution in [1.82, 2.24) is 0 Å². The van der Waals surface area contributed by atoms with Crippen LogP contribution >= 0.6 is 0 Å². The Labute approximate surface area is 83.1 Å². The van der Waals surface area contributed by atoms with Crippen molar-refractivity contribution >= 4 is 16.4 Å². The number of hydrogen-bond donors (Lipinski definition) is 0. The molecular formula is C9H10F3NS. The van der Waals surface area contributed by atoms with Crippen molar-refractivity contribution in [3.63, 3.8) is 0 Å². The molecule has 5 heteroatoms. The maximum atomic E-state index is 12.4. The number of benzene rings is 1. The van der Waals surface area contributed by atoms with Gasteiger partial charge in [-0.05, 0) is 24.6 Å². The summed E-state index contributed by atoms with van der Waals surface area (Å²) in [5, 5.41) is 0. The van der Waals surface area contributed by atoms with Crippen LogP contribution in [0.2, 0.25) is 0 Å². The lowest BCUT2D eigenvalue weighted by molar-refractivity contribution is -0.137. The third-order valence-corrected chi connectivity index (χ3v) is 2.05. The summed E-state index contributed by atoms with van der Waals surface area (Å²) in [6, 6.07) is 5.35. The second kappa shape index (κ2) is 4.13. The van der Waals surface area contributed by atoms with Crippen molar-refractivity contribution in [3.8, 4) is 0 Å². The van der Waals surface area contributed by atoms with Crippen molar-refractivity contribution in [3.05, 3.63) is 29.8 Å². The molecule has 0 atom stereocenters. The SMILES string of the molecule is CS(C)=Nc1ccccc1C(F)(F)F. The van der Waals surface area contributed by atoms with E-state index in [2.05, 4.69) is 4.36 Å². The number of alkyl halides is 3. The van der Waals surface area contributed by atoms with Crippen molar-refractivity contribution in [2.75, 3.05) is 12.5 Å². The zero-order chi connectivity index (χ0) is 10.8. The standard InChI is InChI=1S/C9H10F3NS/c1-14(2)13-8-6-4-3-5-7(8)9(10,11)12/h3-6H,1-2H3. The summed E-state index contributed by atoms with van der Waals surface area (Å²) < 4.78 is 41.3. The van der Waals surface area contributed by atoms with Crippen molar-refractivity contribution in [2.24, 2.45) is 4.36 Å². The van der Waals surface area contributed by atoms with Gasteiger partial charge < -0.3 is 0 Å². The van der Waals surface area contributed by atoms with Gasteiger partial charge in [0.15, 0.2) is 0 Å². The summed E-state index contributed by atoms with van der Waals surface area (Å²) in [6.45, 7) is 0. The van der Waals surface area contributed by atoms with Crippen molar-refractivity contribution < 1.29 is 13.2 Å². The molecule has 0 aliphatic heterocycles. The molecule has 1 aromatic carbocycles. The molecule has 78 valence electrons. The molecule has 14 heavy (non-hydrogen) atoms. The zero-order valence-corrected chi connectivity index (χ0v) is 8.62. The number of nitrogens with zero attached hydrogens (tertiary/aromatic N) is 1. The molecule has 0 amide bonds. The predicted octanol–water partition coefficient (Wildman–Crippen LogP) is 3.40. The smallest absolute Gasteiger partial charge is 0.228 e. The first-order chi connectivity index (χ1) is 6.41. The largest absolute Gasteiger partial charge is 0.418 e. The van der Waals surface area contributed by atoms with Gasteiger partial charge in [0.05, 0.1) is 11.3 Å². The summed E-state index contributed by atoms with van der Waals surface area (Å²) in [5.74, 6) is 0. The van der Waals surface area contributed by atoms with E-state index in [4.69, 9.17) is 0 Å². The lowest BCUT2D eigenvalue weighted by Gasteiger charge is -2.09. The van der Waals surface area contributed by atoms with E-state index in [0.29, 0.717) is 0 Å². The van der Waals surface area contributed by atoms with E-state index < -0.39 is 11.7 Å². The Morgan fingerprint density at radius 3 is 2.21 bits per heavy atom. The van der Waals surface area contributed by atoms with E-state index in [1.165, 1.54) is 12.1 Å². The quantitative estimate of drug-likeness (QED) is 0.689. The maximum Gasteiger partial charge on any atom is 0.418 e. The zero-order valence-electron chi connectivity index (χ0n) is 7.80. The van der Waals surface area contributed by atoms with Crippen molar-refractivity contribution in [2.45, 2.75) is 6.18 Å². The van der Waals surface area contributed by atoms with Crippen LogP contribution < -0.4 is 0 Å². The average Bonchev–Trinajstić information content (AvgIpc) is 2.01. The van der Waals surface area contributed by atoms with E-state index in [1.54, 1.807) is 18.6 Å². The molecule has 0 aliphatic rings. The van der Waals surface area contributed by atoms with Crippen LogP contribution in [0.4, 0.5) is 18.9 Å². The fraction of sp³-hybridized carbons (Fsp3) is 0.333. The molecule has 0 saturated carbocycles. The summed E-state index contributed by atoms with van der Waals surface area (Å²) in [7, 11) is -0.387. The van der Waals surface area contributed by atoms with E-state index in [1.807, 2.05) is 0 Å². The molecule has 0 spiro atoms. The van der Waals surface area contributed by atoms with Crippen LogP contribution in [-0.4, -0.2) is 12.5 Å². The molecule has 0 fully saturated rings. The minimum atomic E-state index is -4.32. The second-order valence-corrected chi connectivity index (χ2v) is 4.61. The van der Waals surface area contributed by atoms with Gasteiger partial charge in [-0.3, -0.25) is 0 Å². The van der Waals surface area contributed by atoms with Gasteiger partial charge >= 0.3 is 6.18 Å². The first kappa shape index (κ1) is 11.2. The van der Waals surface area contributed by atoms with Crippen LogP contribution in [0.15, 0.2) is 28.6 Å². The van der Waals surface area contributed by atoms with Gasteiger partial charge in [-0.25, -0.2) is 4.36 Å². The fourth-order valence-electron chi connectivity index (χ4n) is 0.990. The molecular weight excluding hydrogens is 211 g/mol. The lowest BCUT2D eigenvalue weighted by atomic mass is 10.2. The molecule has 0 bridgehead atoms. The van der Waals surface area contributed by atoms with Crippen LogP contribution in [-0.2, 0) is 16.9 Å². The summed E-state index contributed by atoms with van der Waals surface area (Å²) in [5.41, 5.74) is -0.644. The normalized spacial score (nSPS) is 11.9. The van der Waals surface area contributed by atoms with Gasteiger partial charge in [0.1, 0.15) is 0 Å². The predicted molar refractivity (Wildman–Crippen MR) is 52.7 cm³/mol. The molecule has 0 heterocycles. The molecule has 1 aromatic rings. The number of hydrogen-bond acceptors (Lipinski definition) is 1. The Bertz CT molecular complexity index is 353. The highest BCUT2D eigenvalue weighted by molar-refractivity contribution is 7.85. The maximum absolute atomic E-state index is 12.4. The number of halogens is 3. The molecule has 0 saturated heterocycles. The number of rotatable bonds is 1. The van der Waals surface area contributed by atoms with Gasteiger partial charge in [0, 0.05) is 0 Å². The Balaban J connectivity index is 3.24. The summed E-state index contributed by atoms with van der Waals surface area (Å²) >= 11 is 0. The Kier molecular flexibility index (Phi) is 3.31. The van der Waals surface area contributed by atoms with Gasteiger partial charge in [-0.2, -0.15) is 13.2 Å². The van der Waals surface area contributed by atoms with Gasteiger partial charge in [-0.1, -0.05) is 12.1 Å². The van der Waals surface area contributed by atoms with E-state index >= 15 is 0 Å². The highest BCUT2D eigenvalue weighted by atomic mass is 32.2. The molecule has 0 unspecified atom stereocenters. The highest BCUT2D eigenvalue weighted by Crippen LogP contribution is 2.36. The van der Waals surface area contributed by atoms with Gasteiger partial charge in [-0.15, -0.1) is 10.7 Å². The monoisotopic (exact) mass is 221 g/mol. The van der Waals surface area contributed by atoms with E-state index in [0.717, 1.165) is 6.07 Å². The van der Waals surface area contributed by atoms with Crippen LogP contribution in [0.5, 0.6) is 0 Å². The topological polar surface area (TPSA) is 12.4 Å². The van der Waals surface area contributed by atoms with Crippen LogP contribution in [0.25, 0.3) is 0 Å². The molecule has 0 aliphatic carbocycles. The highest BCUT2D eigenvalue weighted by Gasteiger charge is 2.33. The molecule has 1 nitrogen and oxygen atoms in total. The van der Waals surface area contributed by atoms with E-state index in [9.17, 15) is 13.2 Å². The Morgan fingerprint density at radius 2 is 1.71 bits per heavy atom. The summed E-state index contributed by atoms with van der Waals surface area (Å²) in [6.07, 6.45) is -0.778. The fourth-order valence-corrected chi connectivity index (χ4v) is 1.54. The lowest BCUT2D eigenvalue weighted by Crippen LogP contribution is -2.04. The third-order valence-electron chi connectivity index (χ3n) is 1.49. The van der Waals surface area contributed by atoms with Crippen LogP contribution in [0.3, 0.4) is 0 Å². The van der Waals surface area contributed by atoms with Gasteiger partial charge in [0.2, 0.25) is 0 Å². The second-order valence-electron chi connectivity index (χ2n) is 2.88. The first-order valence-electron chi connectivity index (χ1n) is 3.87. The molecule has 0 N–H and O–H groups in total. The van der Waals surface area contributed by atoms with E-state index in [-0.39, 0.29) is 16.4 Å². The molecule has 0 aromatic heterocycles. The van der Waals surface area contributed by atoms with Crippen molar-refractivity contribution in [1.29, 1.82) is 0 Å². The Morgan fingerprint density at radius 1 is 1.14 bits per heavy atom. The molecule has 1 rings (SSSR count). The molecule has 0 radical (unpaired) electrons. The minimum absolute atomic E-state index is 0.0216. The summed E-state index contributed by atoms with van der Waals surface area (Å²) in [4.78, 5) is 0. The van der Waals surface area contributed by atoms with Gasteiger partial charge in [0.25, 0.3) is 0 Å². The van der Waals surface area contributed by atoms with Crippen LogP contribution in [0.1, 0.15) is 5.56 Å². The Hall–Kier alpha value is -0.840. The first-order valence-corrected chi connectivity index (χ1v) is 5.87. The average molecular weight is 221 g/mol. The van der Waals surface area contributed by atoms with Crippen LogP contribution in [0, 0.1) is 0 Å². The third kappa shape index (κ3) is 2.83. The minimum Gasteiger partial charge on any atom is -0.228 e.